The van der Waals surface area contributed by atoms with Gasteiger partial charge in [0.25, 0.3) is 5.56 Å². The number of carbonyl (C=O) groups is 1. The van der Waals surface area contributed by atoms with Gasteiger partial charge in [-0.25, -0.2) is 4.68 Å². The van der Waals surface area contributed by atoms with Gasteiger partial charge in [0.1, 0.15) is 11.5 Å². The first kappa shape index (κ1) is 20.4. The molecular weight excluding hydrogens is 370 g/mol. The van der Waals surface area contributed by atoms with Crippen molar-refractivity contribution in [1.29, 1.82) is 0 Å². The molecule has 0 fully saturated rings. The van der Waals surface area contributed by atoms with Crippen LogP contribution >= 0.6 is 0 Å². The maximum Gasteiger partial charge on any atom is 0.274 e. The summed E-state index contributed by atoms with van der Waals surface area (Å²) < 4.78 is 12.0. The van der Waals surface area contributed by atoms with Gasteiger partial charge in [-0.3, -0.25) is 9.59 Å². The van der Waals surface area contributed by atoms with E-state index in [0.29, 0.717) is 29.9 Å². The highest BCUT2D eigenvalue weighted by Gasteiger charge is 2.16. The number of aromatic nitrogens is 2. The van der Waals surface area contributed by atoms with Crippen LogP contribution in [0.25, 0.3) is 10.8 Å². The van der Waals surface area contributed by atoms with Gasteiger partial charge in [-0.1, -0.05) is 25.1 Å². The van der Waals surface area contributed by atoms with Crippen molar-refractivity contribution in [3.63, 3.8) is 0 Å². The number of ether oxygens (including phenoxy) is 2. The molecule has 1 N–H and O–H groups in total. The molecule has 1 heterocycles. The van der Waals surface area contributed by atoms with Gasteiger partial charge < -0.3 is 14.8 Å². The summed E-state index contributed by atoms with van der Waals surface area (Å²) in [6, 6.07) is 12.5. The molecule has 0 saturated carbocycles. The Balaban J connectivity index is 1.73. The summed E-state index contributed by atoms with van der Waals surface area (Å²) in [5.74, 6) is 1.13. The van der Waals surface area contributed by atoms with Crippen molar-refractivity contribution in [1.82, 2.24) is 15.1 Å². The molecule has 3 rings (SSSR count). The number of methoxy groups -OCH3 is 2. The highest BCUT2D eigenvalue weighted by atomic mass is 16.5. The summed E-state index contributed by atoms with van der Waals surface area (Å²) in [4.78, 5) is 25.3. The predicted molar refractivity (Wildman–Crippen MR) is 111 cm³/mol. The Morgan fingerprint density at radius 3 is 2.69 bits per heavy atom. The van der Waals surface area contributed by atoms with Crippen LogP contribution in [-0.2, 0) is 17.8 Å². The Bertz CT molecular complexity index is 1060. The third-order valence-electron chi connectivity index (χ3n) is 4.85. The smallest absolute Gasteiger partial charge is 0.274 e. The van der Waals surface area contributed by atoms with Crippen molar-refractivity contribution in [2.24, 2.45) is 0 Å². The molecule has 0 bridgehead atoms. The second-order valence-corrected chi connectivity index (χ2v) is 6.75. The number of carbonyl (C=O) groups excluding carboxylic acids is 1. The molecule has 0 saturated heterocycles. The quantitative estimate of drug-likeness (QED) is 0.634. The molecular formula is C22H25N3O4. The number of hydrogen-bond donors (Lipinski definition) is 1. The van der Waals surface area contributed by atoms with Crippen LogP contribution in [-0.4, -0.2) is 35.9 Å². The van der Waals surface area contributed by atoms with Gasteiger partial charge in [-0.2, -0.15) is 5.10 Å². The molecule has 1 amide bonds. The minimum Gasteiger partial charge on any atom is -0.497 e. The van der Waals surface area contributed by atoms with Gasteiger partial charge in [-0.05, 0) is 30.7 Å². The summed E-state index contributed by atoms with van der Waals surface area (Å²) in [7, 11) is 3.14. The number of nitrogens with zero attached hydrogens (tertiary/aromatic N) is 2. The third-order valence-corrected chi connectivity index (χ3v) is 4.85. The van der Waals surface area contributed by atoms with E-state index in [0.717, 1.165) is 10.9 Å². The highest BCUT2D eigenvalue weighted by molar-refractivity contribution is 5.80. The Kier molecular flexibility index (Phi) is 6.49. The van der Waals surface area contributed by atoms with Crippen molar-refractivity contribution in [2.75, 3.05) is 14.2 Å². The Morgan fingerprint density at radius 1 is 1.17 bits per heavy atom. The molecule has 29 heavy (non-hydrogen) atoms. The largest absolute Gasteiger partial charge is 0.497 e. The SMILES string of the molecule is CC[C@@H](Cn1ncc2ccccc2c1=O)NC(=O)Cc1cc(OC)ccc1OC. The van der Waals surface area contributed by atoms with Crippen molar-refractivity contribution < 1.29 is 14.3 Å². The molecule has 0 spiro atoms. The van der Waals surface area contributed by atoms with E-state index < -0.39 is 0 Å². The topological polar surface area (TPSA) is 82.5 Å². The van der Waals surface area contributed by atoms with Gasteiger partial charge in [-0.15, -0.1) is 0 Å². The molecule has 1 aromatic heterocycles. The lowest BCUT2D eigenvalue weighted by molar-refractivity contribution is -0.121. The van der Waals surface area contributed by atoms with Crippen LogP contribution in [0.3, 0.4) is 0 Å². The van der Waals surface area contributed by atoms with Crippen molar-refractivity contribution in [3.05, 3.63) is 64.6 Å². The molecule has 0 radical (unpaired) electrons. The number of amides is 1. The van der Waals surface area contributed by atoms with Crippen molar-refractivity contribution in [2.45, 2.75) is 32.4 Å². The fourth-order valence-electron chi connectivity index (χ4n) is 3.22. The first-order valence-electron chi connectivity index (χ1n) is 9.50. The van der Waals surface area contributed by atoms with E-state index in [1.165, 1.54) is 4.68 Å². The second-order valence-electron chi connectivity index (χ2n) is 6.75. The van der Waals surface area contributed by atoms with E-state index in [2.05, 4.69) is 10.4 Å². The number of fused-ring (bicyclic) bond motifs is 1. The van der Waals surface area contributed by atoms with Crippen LogP contribution in [0, 0.1) is 0 Å². The first-order valence-corrected chi connectivity index (χ1v) is 9.50. The number of hydrogen-bond acceptors (Lipinski definition) is 5. The molecule has 0 unspecified atom stereocenters. The van der Waals surface area contributed by atoms with E-state index >= 15 is 0 Å². The third kappa shape index (κ3) is 4.74. The summed E-state index contributed by atoms with van der Waals surface area (Å²) in [5.41, 5.74) is 0.575. The maximum atomic E-state index is 12.7. The average Bonchev–Trinajstić information content (AvgIpc) is 2.75. The molecule has 0 aliphatic carbocycles. The van der Waals surface area contributed by atoms with E-state index in [1.807, 2.05) is 25.1 Å². The molecule has 152 valence electrons. The van der Waals surface area contributed by atoms with Crippen LogP contribution in [0.1, 0.15) is 18.9 Å². The molecule has 0 aliphatic heterocycles. The second kappa shape index (κ2) is 9.23. The standard InChI is InChI=1S/C22H25N3O4/c1-4-17(14-25-22(27)19-8-6-5-7-15(19)13-23-25)24-21(26)12-16-11-18(28-2)9-10-20(16)29-3/h5-11,13,17H,4,12,14H2,1-3H3,(H,24,26)/t17-/m0/s1. The number of benzene rings is 2. The first-order chi connectivity index (χ1) is 14.0. The summed E-state index contributed by atoms with van der Waals surface area (Å²) in [6.45, 7) is 2.27. The Hall–Kier alpha value is -3.35. The monoisotopic (exact) mass is 395 g/mol. The number of rotatable bonds is 8. The summed E-state index contributed by atoms with van der Waals surface area (Å²) in [5, 5.41) is 8.66. The van der Waals surface area contributed by atoms with E-state index in [1.54, 1.807) is 44.7 Å². The van der Waals surface area contributed by atoms with Crippen LogP contribution in [0.2, 0.25) is 0 Å². The maximum absolute atomic E-state index is 12.7. The van der Waals surface area contributed by atoms with Gasteiger partial charge in [0.05, 0.1) is 38.8 Å². The fraction of sp³-hybridized carbons (Fsp3) is 0.318. The average molecular weight is 395 g/mol. The normalized spacial score (nSPS) is 11.8. The highest BCUT2D eigenvalue weighted by Crippen LogP contribution is 2.24. The zero-order chi connectivity index (χ0) is 20.8. The Morgan fingerprint density at radius 2 is 1.97 bits per heavy atom. The molecule has 3 aromatic rings. The Labute approximate surface area is 169 Å². The van der Waals surface area contributed by atoms with E-state index in [9.17, 15) is 9.59 Å². The van der Waals surface area contributed by atoms with E-state index in [-0.39, 0.29) is 23.9 Å². The van der Waals surface area contributed by atoms with Crippen molar-refractivity contribution in [3.8, 4) is 11.5 Å². The summed E-state index contributed by atoms with van der Waals surface area (Å²) in [6.07, 6.45) is 2.49. The predicted octanol–water partition coefficient (Wildman–Crippen LogP) is 2.55. The number of nitrogens with one attached hydrogen (secondary N) is 1. The van der Waals surface area contributed by atoms with Gasteiger partial charge in [0.15, 0.2) is 0 Å². The molecule has 7 nitrogen and oxygen atoms in total. The minimum atomic E-state index is -0.217. The summed E-state index contributed by atoms with van der Waals surface area (Å²) >= 11 is 0. The van der Waals surface area contributed by atoms with E-state index in [4.69, 9.17) is 9.47 Å². The van der Waals surface area contributed by atoms with Gasteiger partial charge in [0.2, 0.25) is 5.91 Å². The zero-order valence-corrected chi connectivity index (χ0v) is 16.8. The lowest BCUT2D eigenvalue weighted by Crippen LogP contribution is -2.41. The van der Waals surface area contributed by atoms with Crippen molar-refractivity contribution >= 4 is 16.7 Å². The lowest BCUT2D eigenvalue weighted by Gasteiger charge is -2.18. The van der Waals surface area contributed by atoms with Gasteiger partial charge >= 0.3 is 0 Å². The minimum absolute atomic E-state index is 0.150. The molecule has 1 atom stereocenters. The molecule has 7 heteroatoms. The van der Waals surface area contributed by atoms with Crippen LogP contribution in [0.4, 0.5) is 0 Å². The van der Waals surface area contributed by atoms with Gasteiger partial charge in [0, 0.05) is 17.0 Å². The molecule has 2 aromatic carbocycles. The van der Waals surface area contributed by atoms with Crippen LogP contribution in [0.15, 0.2) is 53.5 Å². The van der Waals surface area contributed by atoms with Crippen LogP contribution < -0.4 is 20.3 Å². The zero-order valence-electron chi connectivity index (χ0n) is 16.8. The molecule has 0 aliphatic rings. The lowest BCUT2D eigenvalue weighted by atomic mass is 10.1. The fourth-order valence-corrected chi connectivity index (χ4v) is 3.22. The van der Waals surface area contributed by atoms with Crippen LogP contribution in [0.5, 0.6) is 11.5 Å².